The van der Waals surface area contributed by atoms with Crippen LogP contribution in [0.15, 0.2) is 46.0 Å². The van der Waals surface area contributed by atoms with Crippen LogP contribution in [0.4, 0.5) is 0 Å². The summed E-state index contributed by atoms with van der Waals surface area (Å²) in [5.74, 6) is 1.02. The normalized spacial score (nSPS) is 18.8. The Balaban J connectivity index is 1.25. The quantitative estimate of drug-likeness (QED) is 0.256. The number of carbonyl (C=O) groups is 1. The van der Waals surface area contributed by atoms with Crippen molar-refractivity contribution < 1.29 is 14.3 Å². The molecule has 1 saturated carbocycles. The van der Waals surface area contributed by atoms with E-state index >= 15 is 0 Å². The molecule has 1 N–H and O–H groups in total. The number of aryl methyl sites for hydroxylation is 2. The van der Waals surface area contributed by atoms with Gasteiger partial charge in [0.2, 0.25) is 5.17 Å². The van der Waals surface area contributed by atoms with Crippen LogP contribution in [0.2, 0.25) is 10.0 Å². The Morgan fingerprint density at radius 1 is 1.08 bits per heavy atom. The highest BCUT2D eigenvalue weighted by molar-refractivity contribution is 8.27. The highest BCUT2D eigenvalue weighted by Crippen LogP contribution is 2.38. The molecule has 1 aliphatic carbocycles. The maximum atomic E-state index is 12.8. The number of thioether (sulfide) groups is 1. The molecule has 0 spiro atoms. The predicted octanol–water partition coefficient (Wildman–Crippen LogP) is 7.52. The molecule has 0 aromatic heterocycles. The molecule has 0 atom stereocenters. The van der Waals surface area contributed by atoms with Crippen LogP contribution >= 0.6 is 35.0 Å². The minimum Gasteiger partial charge on any atom is -0.490 e. The predicted molar refractivity (Wildman–Crippen MR) is 160 cm³/mol. The standard InChI is InChI=1S/C29H30Cl2N4O3S/c1-3-18-11-17(2)12-21(13-18)37-9-10-38-25-23(30)15-19(16-24(25)31)14-22-26(32)35-29(33-27(22)36)39-28(34-35)20-7-5-4-6-8-20/h11-16,20,32H,3-10H2,1-2H3/b22-14-,32-26?. The van der Waals surface area contributed by atoms with Gasteiger partial charge in [0, 0.05) is 5.92 Å². The fourth-order valence-electron chi connectivity index (χ4n) is 4.90. The number of benzene rings is 2. The van der Waals surface area contributed by atoms with E-state index in [9.17, 15) is 4.79 Å². The Morgan fingerprint density at radius 3 is 2.51 bits per heavy atom. The second kappa shape index (κ2) is 12.1. The van der Waals surface area contributed by atoms with E-state index < -0.39 is 5.91 Å². The number of nitrogens with zero attached hydrogens (tertiary/aromatic N) is 3. The molecule has 10 heteroatoms. The van der Waals surface area contributed by atoms with Crippen molar-refractivity contribution in [1.29, 1.82) is 5.41 Å². The Morgan fingerprint density at radius 2 is 1.79 bits per heavy atom. The molecule has 2 aromatic rings. The van der Waals surface area contributed by atoms with Gasteiger partial charge in [-0.1, -0.05) is 55.5 Å². The maximum Gasteiger partial charge on any atom is 0.283 e. The molecule has 0 unspecified atom stereocenters. The van der Waals surface area contributed by atoms with Crippen LogP contribution in [0.5, 0.6) is 11.5 Å². The molecule has 204 valence electrons. The van der Waals surface area contributed by atoms with Gasteiger partial charge in [-0.3, -0.25) is 10.2 Å². The van der Waals surface area contributed by atoms with Gasteiger partial charge in [-0.2, -0.15) is 15.1 Å². The van der Waals surface area contributed by atoms with Crippen LogP contribution in [0.1, 0.15) is 55.7 Å². The molecule has 0 radical (unpaired) electrons. The van der Waals surface area contributed by atoms with Crippen molar-refractivity contribution in [2.75, 3.05) is 13.2 Å². The van der Waals surface area contributed by atoms with Crippen LogP contribution in [0.25, 0.3) is 6.08 Å². The second-order valence-corrected chi connectivity index (χ2v) is 11.6. The van der Waals surface area contributed by atoms with Gasteiger partial charge in [-0.05, 0) is 85.0 Å². The van der Waals surface area contributed by atoms with Crippen LogP contribution < -0.4 is 9.47 Å². The van der Waals surface area contributed by atoms with Crippen LogP contribution in [0.3, 0.4) is 0 Å². The third-order valence-electron chi connectivity index (χ3n) is 6.87. The highest BCUT2D eigenvalue weighted by Gasteiger charge is 2.38. The minimum absolute atomic E-state index is 0.00425. The summed E-state index contributed by atoms with van der Waals surface area (Å²) in [4.78, 5) is 17.0. The van der Waals surface area contributed by atoms with Gasteiger partial charge in [0.15, 0.2) is 11.6 Å². The van der Waals surface area contributed by atoms with Crippen molar-refractivity contribution in [2.24, 2.45) is 16.0 Å². The van der Waals surface area contributed by atoms with Crippen molar-refractivity contribution in [3.05, 3.63) is 62.6 Å². The number of halogens is 2. The number of ether oxygens (including phenoxy) is 2. The first-order valence-corrected chi connectivity index (χ1v) is 14.7. The number of amides is 1. The molecule has 3 aliphatic rings. The first-order chi connectivity index (χ1) is 18.8. The summed E-state index contributed by atoms with van der Waals surface area (Å²) >= 11 is 14.4. The van der Waals surface area contributed by atoms with E-state index in [1.54, 1.807) is 18.2 Å². The lowest BCUT2D eigenvalue weighted by Gasteiger charge is -2.20. The average Bonchev–Trinajstić information content (AvgIpc) is 3.34. The monoisotopic (exact) mass is 584 g/mol. The van der Waals surface area contributed by atoms with E-state index in [1.165, 1.54) is 41.6 Å². The summed E-state index contributed by atoms with van der Waals surface area (Å²) in [5.41, 5.74) is 3.06. The maximum absolute atomic E-state index is 12.8. The zero-order valence-corrected chi connectivity index (χ0v) is 24.3. The van der Waals surface area contributed by atoms with Crippen LogP contribution in [-0.4, -0.2) is 40.2 Å². The van der Waals surface area contributed by atoms with Gasteiger partial charge in [0.1, 0.15) is 24.0 Å². The minimum atomic E-state index is -0.481. The van der Waals surface area contributed by atoms with Gasteiger partial charge in [0.25, 0.3) is 5.91 Å². The average molecular weight is 586 g/mol. The number of amidine groups is 2. The summed E-state index contributed by atoms with van der Waals surface area (Å²) in [6.07, 6.45) is 8.28. The van der Waals surface area contributed by atoms with Gasteiger partial charge >= 0.3 is 0 Å². The Kier molecular flexibility index (Phi) is 8.64. The van der Waals surface area contributed by atoms with Crippen molar-refractivity contribution in [3.8, 4) is 11.5 Å². The number of hydrazone groups is 1. The van der Waals surface area contributed by atoms with Crippen molar-refractivity contribution in [1.82, 2.24) is 5.01 Å². The smallest absolute Gasteiger partial charge is 0.283 e. The van der Waals surface area contributed by atoms with E-state index in [0.29, 0.717) is 39.1 Å². The Bertz CT molecular complexity index is 1380. The van der Waals surface area contributed by atoms with Crippen molar-refractivity contribution in [2.45, 2.75) is 52.4 Å². The van der Waals surface area contributed by atoms with E-state index in [4.69, 9.17) is 38.1 Å². The summed E-state index contributed by atoms with van der Waals surface area (Å²) in [6, 6.07) is 9.45. The molecule has 0 bridgehead atoms. The number of nitrogens with one attached hydrogen (secondary N) is 1. The molecule has 1 fully saturated rings. The zero-order chi connectivity index (χ0) is 27.5. The van der Waals surface area contributed by atoms with E-state index in [-0.39, 0.29) is 18.0 Å². The van der Waals surface area contributed by atoms with Gasteiger partial charge in [-0.15, -0.1) is 0 Å². The summed E-state index contributed by atoms with van der Waals surface area (Å²) in [5, 5.41) is 16.7. The zero-order valence-electron chi connectivity index (χ0n) is 21.9. The molecule has 1 amide bonds. The topological polar surface area (TPSA) is 87.3 Å². The Hall–Kier alpha value is -2.81. The third kappa shape index (κ3) is 6.34. The molecule has 2 heterocycles. The van der Waals surface area contributed by atoms with Crippen LogP contribution in [-0.2, 0) is 11.2 Å². The summed E-state index contributed by atoms with van der Waals surface area (Å²) < 4.78 is 11.7. The van der Waals surface area contributed by atoms with Gasteiger partial charge < -0.3 is 9.47 Å². The number of rotatable bonds is 8. The molecular weight excluding hydrogens is 555 g/mol. The number of hydrogen-bond acceptors (Lipinski definition) is 6. The highest BCUT2D eigenvalue weighted by atomic mass is 35.5. The fraction of sp³-hybridized carbons (Fsp3) is 0.379. The van der Waals surface area contributed by atoms with E-state index in [0.717, 1.165) is 35.6 Å². The van der Waals surface area contributed by atoms with E-state index in [1.807, 2.05) is 19.1 Å². The third-order valence-corrected chi connectivity index (χ3v) is 8.51. The van der Waals surface area contributed by atoms with Crippen molar-refractivity contribution >= 4 is 63.0 Å². The largest absolute Gasteiger partial charge is 0.490 e. The lowest BCUT2D eigenvalue weighted by Crippen LogP contribution is -2.35. The lowest BCUT2D eigenvalue weighted by molar-refractivity contribution is -0.114. The molecule has 2 aromatic carbocycles. The molecule has 0 saturated heterocycles. The number of aliphatic imine (C=N–C) groups is 1. The molecule has 2 aliphatic heterocycles. The van der Waals surface area contributed by atoms with Gasteiger partial charge in [0.05, 0.1) is 15.6 Å². The summed E-state index contributed by atoms with van der Waals surface area (Å²) in [6.45, 7) is 4.73. The summed E-state index contributed by atoms with van der Waals surface area (Å²) in [7, 11) is 0. The lowest BCUT2D eigenvalue weighted by atomic mass is 9.90. The van der Waals surface area contributed by atoms with Crippen LogP contribution in [0, 0.1) is 18.3 Å². The first kappa shape index (κ1) is 27.7. The number of carbonyl (C=O) groups excluding carboxylic acids is 1. The first-order valence-electron chi connectivity index (χ1n) is 13.2. The molecule has 5 rings (SSSR count). The Labute approximate surface area is 242 Å². The van der Waals surface area contributed by atoms with E-state index in [2.05, 4.69) is 23.1 Å². The molecular formula is C29H30Cl2N4O3S. The number of hydrogen-bond donors (Lipinski definition) is 1. The van der Waals surface area contributed by atoms with Crippen molar-refractivity contribution in [3.63, 3.8) is 0 Å². The van der Waals surface area contributed by atoms with Gasteiger partial charge in [-0.25, -0.2) is 0 Å². The second-order valence-electron chi connectivity index (χ2n) is 9.81. The SMILES string of the molecule is CCc1cc(C)cc(OCCOc2c(Cl)cc(/C=C3/C(=N)N4N=C(C5CCCCC5)SC4=NC3=O)cc2Cl)c1. The molecule has 39 heavy (non-hydrogen) atoms. The molecule has 7 nitrogen and oxygen atoms in total. The number of fused-ring (bicyclic) bond motifs is 1. The fourth-order valence-corrected chi connectivity index (χ4v) is 6.58.